The third-order valence-corrected chi connectivity index (χ3v) is 5.06. The van der Waals surface area contributed by atoms with Crippen molar-refractivity contribution in [2.45, 2.75) is 5.16 Å². The molecule has 0 aliphatic rings. The zero-order chi connectivity index (χ0) is 19.2. The molecule has 1 amide bonds. The van der Waals surface area contributed by atoms with Crippen molar-refractivity contribution in [2.24, 2.45) is 7.05 Å². The van der Waals surface area contributed by atoms with Crippen molar-refractivity contribution in [2.75, 3.05) is 25.3 Å². The summed E-state index contributed by atoms with van der Waals surface area (Å²) in [7, 11) is 5.18. The van der Waals surface area contributed by atoms with E-state index in [1.165, 1.54) is 11.8 Å². The van der Waals surface area contributed by atoms with Crippen LogP contribution in [0.25, 0.3) is 11.3 Å². The average molecular weight is 383 g/mol. The SMILES string of the molecule is COc1ccc(-c2cnc(SCC(=O)Nc3cccc(OC)c3)n2C)cc1. The number of nitrogens with one attached hydrogen (secondary N) is 1. The molecule has 0 spiro atoms. The molecule has 3 rings (SSSR count). The minimum atomic E-state index is -0.0951. The Hall–Kier alpha value is -2.93. The predicted molar refractivity (Wildman–Crippen MR) is 108 cm³/mol. The number of thioether (sulfide) groups is 1. The Balaban J connectivity index is 1.62. The van der Waals surface area contributed by atoms with Crippen LogP contribution in [0.4, 0.5) is 5.69 Å². The van der Waals surface area contributed by atoms with Gasteiger partial charge < -0.3 is 19.4 Å². The fourth-order valence-corrected chi connectivity index (χ4v) is 3.34. The van der Waals surface area contributed by atoms with Gasteiger partial charge in [0.1, 0.15) is 11.5 Å². The van der Waals surface area contributed by atoms with Crippen LogP contribution in [-0.2, 0) is 11.8 Å². The third kappa shape index (κ3) is 4.62. The molecule has 6 nitrogen and oxygen atoms in total. The number of rotatable bonds is 7. The van der Waals surface area contributed by atoms with Gasteiger partial charge in [-0.15, -0.1) is 0 Å². The predicted octanol–water partition coefficient (Wildman–Crippen LogP) is 3.84. The molecule has 0 radical (unpaired) electrons. The molecule has 3 aromatic rings. The van der Waals surface area contributed by atoms with E-state index in [0.29, 0.717) is 11.4 Å². The summed E-state index contributed by atoms with van der Waals surface area (Å²) in [5, 5.41) is 3.65. The minimum Gasteiger partial charge on any atom is -0.497 e. The second kappa shape index (κ2) is 8.64. The van der Waals surface area contributed by atoms with Crippen LogP contribution >= 0.6 is 11.8 Å². The number of nitrogens with zero attached hydrogens (tertiary/aromatic N) is 2. The number of amides is 1. The lowest BCUT2D eigenvalue weighted by atomic mass is 10.1. The van der Waals surface area contributed by atoms with E-state index >= 15 is 0 Å². The van der Waals surface area contributed by atoms with E-state index in [4.69, 9.17) is 9.47 Å². The Bertz CT molecular complexity index is 922. The summed E-state index contributed by atoms with van der Waals surface area (Å²) < 4.78 is 12.3. The Kier molecular flexibility index (Phi) is 6.03. The summed E-state index contributed by atoms with van der Waals surface area (Å²) >= 11 is 1.39. The van der Waals surface area contributed by atoms with Crippen molar-refractivity contribution in [1.82, 2.24) is 9.55 Å². The highest BCUT2D eigenvalue weighted by atomic mass is 32.2. The van der Waals surface area contributed by atoms with Crippen molar-refractivity contribution < 1.29 is 14.3 Å². The average Bonchev–Trinajstić information content (AvgIpc) is 3.07. The van der Waals surface area contributed by atoms with Crippen molar-refractivity contribution in [1.29, 1.82) is 0 Å². The van der Waals surface area contributed by atoms with E-state index in [1.54, 1.807) is 20.3 Å². The molecule has 0 unspecified atom stereocenters. The number of hydrogen-bond acceptors (Lipinski definition) is 5. The Morgan fingerprint density at radius 2 is 1.85 bits per heavy atom. The molecule has 1 aromatic heterocycles. The summed E-state index contributed by atoms with van der Waals surface area (Å²) in [6.07, 6.45) is 1.81. The van der Waals surface area contributed by atoms with E-state index in [2.05, 4.69) is 10.3 Å². The van der Waals surface area contributed by atoms with E-state index in [-0.39, 0.29) is 11.7 Å². The monoisotopic (exact) mass is 383 g/mol. The van der Waals surface area contributed by atoms with Crippen LogP contribution in [0, 0.1) is 0 Å². The van der Waals surface area contributed by atoms with Gasteiger partial charge in [-0.1, -0.05) is 17.8 Å². The van der Waals surface area contributed by atoms with Crippen molar-refractivity contribution in [3.05, 3.63) is 54.7 Å². The molecule has 0 atom stereocenters. The maximum Gasteiger partial charge on any atom is 0.234 e. The Labute approximate surface area is 162 Å². The minimum absolute atomic E-state index is 0.0951. The van der Waals surface area contributed by atoms with Crippen LogP contribution in [0.1, 0.15) is 0 Å². The lowest BCUT2D eigenvalue weighted by Gasteiger charge is -2.08. The molecule has 2 aromatic carbocycles. The number of ether oxygens (including phenoxy) is 2. The van der Waals surface area contributed by atoms with Crippen molar-refractivity contribution in [3.63, 3.8) is 0 Å². The summed E-state index contributed by atoms with van der Waals surface area (Å²) in [5.41, 5.74) is 2.73. The van der Waals surface area contributed by atoms with E-state index in [9.17, 15) is 4.79 Å². The van der Waals surface area contributed by atoms with Gasteiger partial charge in [0.15, 0.2) is 5.16 Å². The number of methoxy groups -OCH3 is 2. The molecule has 27 heavy (non-hydrogen) atoms. The van der Waals surface area contributed by atoms with Crippen molar-refractivity contribution in [3.8, 4) is 22.8 Å². The first-order chi connectivity index (χ1) is 13.1. The molecular formula is C20H21N3O3S. The molecule has 0 saturated heterocycles. The van der Waals surface area contributed by atoms with E-state index < -0.39 is 0 Å². The van der Waals surface area contributed by atoms with Crippen LogP contribution in [0.3, 0.4) is 0 Å². The topological polar surface area (TPSA) is 65.4 Å². The van der Waals surface area contributed by atoms with Crippen LogP contribution in [-0.4, -0.2) is 35.4 Å². The quantitative estimate of drug-likeness (QED) is 0.628. The number of anilines is 1. The van der Waals surface area contributed by atoms with Gasteiger partial charge in [-0.25, -0.2) is 4.98 Å². The van der Waals surface area contributed by atoms with Gasteiger partial charge in [0.2, 0.25) is 5.91 Å². The van der Waals surface area contributed by atoms with Crippen LogP contribution in [0.2, 0.25) is 0 Å². The fraction of sp³-hybridized carbons (Fsp3) is 0.200. The van der Waals surface area contributed by atoms with E-state index in [0.717, 1.165) is 22.2 Å². The molecule has 0 fully saturated rings. The van der Waals surface area contributed by atoms with Gasteiger partial charge >= 0.3 is 0 Å². The highest BCUT2D eigenvalue weighted by Gasteiger charge is 2.12. The number of hydrogen-bond donors (Lipinski definition) is 1. The first-order valence-corrected chi connectivity index (χ1v) is 9.32. The second-order valence-corrected chi connectivity index (χ2v) is 6.72. The van der Waals surface area contributed by atoms with Gasteiger partial charge in [-0.3, -0.25) is 4.79 Å². The zero-order valence-electron chi connectivity index (χ0n) is 15.4. The Morgan fingerprint density at radius 1 is 1.11 bits per heavy atom. The highest BCUT2D eigenvalue weighted by molar-refractivity contribution is 7.99. The number of benzene rings is 2. The van der Waals surface area contributed by atoms with Gasteiger partial charge in [-0.05, 0) is 36.4 Å². The van der Waals surface area contributed by atoms with Gasteiger partial charge in [0.05, 0.1) is 31.9 Å². The maximum atomic E-state index is 12.2. The standard InChI is InChI=1S/C20H21N3O3S/c1-23-18(14-7-9-16(25-2)10-8-14)12-21-20(23)27-13-19(24)22-15-5-4-6-17(11-15)26-3/h4-12H,13H2,1-3H3,(H,22,24). The summed E-state index contributed by atoms with van der Waals surface area (Å²) in [5.74, 6) is 1.69. The first kappa shape index (κ1) is 18.8. The third-order valence-electron chi connectivity index (χ3n) is 4.02. The molecule has 0 bridgehead atoms. The lowest BCUT2D eigenvalue weighted by molar-refractivity contribution is -0.113. The van der Waals surface area contributed by atoms with E-state index in [1.807, 2.05) is 60.3 Å². The number of carbonyl (C=O) groups excluding carboxylic acids is 1. The molecule has 0 aliphatic heterocycles. The van der Waals surface area contributed by atoms with Gasteiger partial charge in [-0.2, -0.15) is 0 Å². The maximum absolute atomic E-state index is 12.2. The number of aromatic nitrogens is 2. The van der Waals surface area contributed by atoms with Crippen LogP contribution in [0.15, 0.2) is 59.9 Å². The number of imidazole rings is 1. The summed E-state index contributed by atoms with van der Waals surface area (Å²) in [4.78, 5) is 16.7. The Morgan fingerprint density at radius 3 is 2.56 bits per heavy atom. The van der Waals surface area contributed by atoms with Crippen LogP contribution in [0.5, 0.6) is 11.5 Å². The van der Waals surface area contributed by atoms with Crippen LogP contribution < -0.4 is 14.8 Å². The largest absolute Gasteiger partial charge is 0.497 e. The number of carbonyl (C=O) groups is 1. The van der Waals surface area contributed by atoms with Gasteiger partial charge in [0.25, 0.3) is 0 Å². The molecule has 140 valence electrons. The summed E-state index contributed by atoms with van der Waals surface area (Å²) in [6.45, 7) is 0. The first-order valence-electron chi connectivity index (χ1n) is 8.33. The highest BCUT2D eigenvalue weighted by Crippen LogP contribution is 2.26. The molecule has 7 heteroatoms. The second-order valence-electron chi connectivity index (χ2n) is 5.78. The normalized spacial score (nSPS) is 10.5. The fourth-order valence-electron chi connectivity index (χ4n) is 2.58. The molecule has 1 heterocycles. The van der Waals surface area contributed by atoms with Gasteiger partial charge in [0, 0.05) is 24.4 Å². The summed E-state index contributed by atoms with van der Waals surface area (Å²) in [6, 6.07) is 15.1. The molecule has 0 aliphatic carbocycles. The lowest BCUT2D eigenvalue weighted by Crippen LogP contribution is -2.14. The smallest absolute Gasteiger partial charge is 0.234 e. The van der Waals surface area contributed by atoms with Crippen molar-refractivity contribution >= 4 is 23.4 Å². The zero-order valence-corrected chi connectivity index (χ0v) is 16.2. The molecule has 1 N–H and O–H groups in total. The molecule has 0 saturated carbocycles. The molecular weight excluding hydrogens is 362 g/mol.